The van der Waals surface area contributed by atoms with Crippen LogP contribution >= 0.6 is 0 Å². The standard InChI is InChI=1S/C12H14N2O2/c1-9(10-5-3-2-4-6-10)14-7-11(15)13-12(16)8-14/h2-6,9H,7-8H2,1H3,(H,13,15,16)/t9-/m1/s1. The quantitative estimate of drug-likeness (QED) is 0.744. The smallest absolute Gasteiger partial charge is 0.240 e. The normalized spacial score (nSPS) is 19.3. The van der Waals surface area contributed by atoms with Crippen LogP contribution in [0.25, 0.3) is 0 Å². The van der Waals surface area contributed by atoms with Crippen LogP contribution in [0.15, 0.2) is 30.3 Å². The predicted octanol–water partition coefficient (Wildman–Crippen LogP) is 0.706. The summed E-state index contributed by atoms with van der Waals surface area (Å²) in [6.07, 6.45) is 0. The summed E-state index contributed by atoms with van der Waals surface area (Å²) in [5, 5.41) is 2.30. The van der Waals surface area contributed by atoms with Crippen molar-refractivity contribution in [3.05, 3.63) is 35.9 Å². The fraction of sp³-hybridized carbons (Fsp3) is 0.333. The van der Waals surface area contributed by atoms with Gasteiger partial charge in [0.25, 0.3) is 0 Å². The molecular formula is C12H14N2O2. The van der Waals surface area contributed by atoms with E-state index in [1.165, 1.54) is 0 Å². The van der Waals surface area contributed by atoms with Gasteiger partial charge in [0.2, 0.25) is 11.8 Å². The van der Waals surface area contributed by atoms with Crippen LogP contribution in [0.5, 0.6) is 0 Å². The molecule has 0 saturated carbocycles. The van der Waals surface area contributed by atoms with Gasteiger partial charge in [-0.3, -0.25) is 19.8 Å². The van der Waals surface area contributed by atoms with Gasteiger partial charge in [0, 0.05) is 6.04 Å². The van der Waals surface area contributed by atoms with Crippen LogP contribution in [0, 0.1) is 0 Å². The number of hydrogen-bond acceptors (Lipinski definition) is 3. The Bertz CT molecular complexity index is 387. The first kappa shape index (κ1) is 10.8. The van der Waals surface area contributed by atoms with Gasteiger partial charge in [-0.05, 0) is 12.5 Å². The van der Waals surface area contributed by atoms with Crippen molar-refractivity contribution < 1.29 is 9.59 Å². The number of piperazine rings is 1. The Kier molecular flexibility index (Phi) is 3.01. The molecule has 0 aromatic heterocycles. The van der Waals surface area contributed by atoms with Crippen molar-refractivity contribution in [2.45, 2.75) is 13.0 Å². The van der Waals surface area contributed by atoms with Crippen LogP contribution in [0.2, 0.25) is 0 Å². The fourth-order valence-corrected chi connectivity index (χ4v) is 1.88. The molecule has 2 amide bonds. The third-order valence-corrected chi connectivity index (χ3v) is 2.80. The van der Waals surface area contributed by atoms with Crippen LogP contribution in [0.3, 0.4) is 0 Å². The number of amides is 2. The zero-order valence-electron chi connectivity index (χ0n) is 9.14. The maximum absolute atomic E-state index is 11.2. The summed E-state index contributed by atoms with van der Waals surface area (Å²) in [5.74, 6) is -0.446. The monoisotopic (exact) mass is 218 g/mol. The largest absolute Gasteiger partial charge is 0.294 e. The van der Waals surface area contributed by atoms with E-state index in [1.54, 1.807) is 0 Å². The highest BCUT2D eigenvalue weighted by atomic mass is 16.2. The molecule has 1 N–H and O–H groups in total. The highest BCUT2D eigenvalue weighted by Gasteiger charge is 2.26. The molecule has 1 aliphatic heterocycles. The number of carbonyl (C=O) groups excluding carboxylic acids is 2. The van der Waals surface area contributed by atoms with E-state index in [4.69, 9.17) is 0 Å². The summed E-state index contributed by atoms with van der Waals surface area (Å²) in [4.78, 5) is 24.4. The summed E-state index contributed by atoms with van der Waals surface area (Å²) in [7, 11) is 0. The minimum Gasteiger partial charge on any atom is -0.294 e. The number of rotatable bonds is 2. The number of carbonyl (C=O) groups is 2. The van der Waals surface area contributed by atoms with E-state index in [-0.39, 0.29) is 30.9 Å². The molecular weight excluding hydrogens is 204 g/mol. The van der Waals surface area contributed by atoms with Crippen LogP contribution in [0.1, 0.15) is 18.5 Å². The van der Waals surface area contributed by atoms with Crippen LogP contribution < -0.4 is 5.32 Å². The molecule has 4 heteroatoms. The van der Waals surface area contributed by atoms with Gasteiger partial charge in [-0.15, -0.1) is 0 Å². The second kappa shape index (κ2) is 4.45. The molecule has 0 unspecified atom stereocenters. The predicted molar refractivity (Wildman–Crippen MR) is 59.6 cm³/mol. The first-order valence-electron chi connectivity index (χ1n) is 5.28. The highest BCUT2D eigenvalue weighted by Crippen LogP contribution is 2.19. The Morgan fingerprint density at radius 3 is 2.25 bits per heavy atom. The van der Waals surface area contributed by atoms with E-state index in [9.17, 15) is 9.59 Å². The van der Waals surface area contributed by atoms with E-state index in [2.05, 4.69) is 5.32 Å². The van der Waals surface area contributed by atoms with Crippen LogP contribution in [0.4, 0.5) is 0 Å². The Morgan fingerprint density at radius 2 is 1.69 bits per heavy atom. The molecule has 1 atom stereocenters. The summed E-state index contributed by atoms with van der Waals surface area (Å²) < 4.78 is 0. The van der Waals surface area contributed by atoms with Crippen molar-refractivity contribution in [2.75, 3.05) is 13.1 Å². The average molecular weight is 218 g/mol. The third-order valence-electron chi connectivity index (χ3n) is 2.80. The molecule has 1 aromatic carbocycles. The number of hydrogen-bond donors (Lipinski definition) is 1. The van der Waals surface area contributed by atoms with Gasteiger partial charge < -0.3 is 0 Å². The molecule has 0 radical (unpaired) electrons. The molecule has 1 saturated heterocycles. The molecule has 2 rings (SSSR count). The van der Waals surface area contributed by atoms with Crippen molar-refractivity contribution in [3.63, 3.8) is 0 Å². The van der Waals surface area contributed by atoms with Gasteiger partial charge in [-0.1, -0.05) is 30.3 Å². The molecule has 0 aliphatic carbocycles. The van der Waals surface area contributed by atoms with E-state index in [1.807, 2.05) is 42.2 Å². The van der Waals surface area contributed by atoms with Gasteiger partial charge in [-0.25, -0.2) is 0 Å². The minimum absolute atomic E-state index is 0.0798. The molecule has 0 bridgehead atoms. The maximum atomic E-state index is 11.2. The Labute approximate surface area is 94.2 Å². The van der Waals surface area contributed by atoms with Crippen molar-refractivity contribution >= 4 is 11.8 Å². The number of nitrogens with zero attached hydrogens (tertiary/aromatic N) is 1. The maximum Gasteiger partial charge on any atom is 0.240 e. The summed E-state index contributed by atoms with van der Waals surface area (Å²) in [5.41, 5.74) is 1.12. The first-order valence-corrected chi connectivity index (χ1v) is 5.28. The van der Waals surface area contributed by atoms with Gasteiger partial charge in [0.15, 0.2) is 0 Å². The Hall–Kier alpha value is -1.68. The third kappa shape index (κ3) is 2.28. The highest BCUT2D eigenvalue weighted by molar-refractivity contribution is 5.99. The molecule has 1 aliphatic rings. The lowest BCUT2D eigenvalue weighted by Gasteiger charge is -2.31. The number of benzene rings is 1. The van der Waals surface area contributed by atoms with Gasteiger partial charge in [0.1, 0.15) is 0 Å². The molecule has 1 aromatic rings. The zero-order valence-corrected chi connectivity index (χ0v) is 9.14. The zero-order chi connectivity index (χ0) is 11.5. The number of nitrogens with one attached hydrogen (secondary N) is 1. The van der Waals surface area contributed by atoms with Gasteiger partial charge in [-0.2, -0.15) is 0 Å². The minimum atomic E-state index is -0.223. The SMILES string of the molecule is C[C@H](c1ccccc1)N1CC(=O)NC(=O)C1. The second-order valence-electron chi connectivity index (χ2n) is 3.96. The van der Waals surface area contributed by atoms with E-state index in [0.717, 1.165) is 5.56 Å². The van der Waals surface area contributed by atoms with E-state index >= 15 is 0 Å². The van der Waals surface area contributed by atoms with Crippen LogP contribution in [-0.4, -0.2) is 29.8 Å². The lowest BCUT2D eigenvalue weighted by Crippen LogP contribution is -2.51. The number of imide groups is 1. The lowest BCUT2D eigenvalue weighted by atomic mass is 10.1. The van der Waals surface area contributed by atoms with Crippen molar-refractivity contribution in [2.24, 2.45) is 0 Å². The first-order chi connectivity index (χ1) is 7.66. The van der Waals surface area contributed by atoms with Gasteiger partial charge in [0.05, 0.1) is 13.1 Å². The van der Waals surface area contributed by atoms with Crippen molar-refractivity contribution in [1.29, 1.82) is 0 Å². The summed E-state index contributed by atoms with van der Waals surface area (Å²) in [6, 6.07) is 9.94. The van der Waals surface area contributed by atoms with E-state index < -0.39 is 0 Å². The molecule has 84 valence electrons. The summed E-state index contributed by atoms with van der Waals surface area (Å²) in [6.45, 7) is 2.56. The topological polar surface area (TPSA) is 49.4 Å². The molecule has 1 heterocycles. The molecule has 4 nitrogen and oxygen atoms in total. The van der Waals surface area contributed by atoms with E-state index in [0.29, 0.717) is 0 Å². The summed E-state index contributed by atoms with van der Waals surface area (Å²) >= 11 is 0. The van der Waals surface area contributed by atoms with Crippen LogP contribution in [-0.2, 0) is 9.59 Å². The second-order valence-corrected chi connectivity index (χ2v) is 3.96. The Morgan fingerprint density at radius 1 is 1.12 bits per heavy atom. The molecule has 1 fully saturated rings. The average Bonchev–Trinajstić information content (AvgIpc) is 2.28. The fourth-order valence-electron chi connectivity index (χ4n) is 1.88. The molecule has 0 spiro atoms. The lowest BCUT2D eigenvalue weighted by molar-refractivity contribution is -0.137. The van der Waals surface area contributed by atoms with Gasteiger partial charge >= 0.3 is 0 Å². The Balaban J connectivity index is 2.13. The van der Waals surface area contributed by atoms with Crippen molar-refractivity contribution in [1.82, 2.24) is 10.2 Å². The molecule has 16 heavy (non-hydrogen) atoms. The van der Waals surface area contributed by atoms with Crippen molar-refractivity contribution in [3.8, 4) is 0 Å².